The van der Waals surface area contributed by atoms with Crippen LogP contribution in [-0.2, 0) is 14.6 Å². The van der Waals surface area contributed by atoms with E-state index in [-0.39, 0.29) is 17.8 Å². The average molecular weight is 338 g/mol. The predicted octanol–water partition coefficient (Wildman–Crippen LogP) is 2.11. The van der Waals surface area contributed by atoms with Crippen molar-refractivity contribution < 1.29 is 13.2 Å². The van der Waals surface area contributed by atoms with Gasteiger partial charge in [-0.2, -0.15) is 0 Å². The first-order chi connectivity index (χ1) is 9.37. The fourth-order valence-corrected chi connectivity index (χ4v) is 3.56. The molecule has 4 nitrogen and oxygen atoms in total. The summed E-state index contributed by atoms with van der Waals surface area (Å²) in [6, 6.07) is 5.37. The van der Waals surface area contributed by atoms with Crippen molar-refractivity contribution >= 4 is 33.0 Å². The lowest BCUT2D eigenvalue weighted by Crippen LogP contribution is -2.32. The van der Waals surface area contributed by atoms with E-state index in [1.807, 2.05) is 6.07 Å². The second kappa shape index (κ2) is 6.62. The number of sulfone groups is 1. The molecule has 1 N–H and O–H groups in total. The first kappa shape index (κ1) is 16.0. The van der Waals surface area contributed by atoms with Crippen LogP contribution in [-0.4, -0.2) is 46.2 Å². The van der Waals surface area contributed by atoms with Crippen molar-refractivity contribution in [2.45, 2.75) is 12.0 Å². The maximum Gasteiger partial charge on any atom is 0.150 e. The van der Waals surface area contributed by atoms with Gasteiger partial charge in [0.1, 0.15) is 9.84 Å². The van der Waals surface area contributed by atoms with Gasteiger partial charge >= 0.3 is 0 Å². The molecular formula is C13H17Cl2NO3S. The SMILES string of the molecule is CS(=O)(=O)CC1OCCNCC1c1ccc(Cl)c(Cl)c1. The fourth-order valence-electron chi connectivity index (χ4n) is 2.33. The molecule has 0 aromatic heterocycles. The van der Waals surface area contributed by atoms with E-state index in [9.17, 15) is 8.42 Å². The molecule has 7 heteroatoms. The maximum atomic E-state index is 11.6. The number of hydrogen-bond acceptors (Lipinski definition) is 4. The Kier molecular flexibility index (Phi) is 5.31. The van der Waals surface area contributed by atoms with E-state index in [4.69, 9.17) is 27.9 Å². The van der Waals surface area contributed by atoms with Gasteiger partial charge in [0.25, 0.3) is 0 Å². The summed E-state index contributed by atoms with van der Waals surface area (Å²) in [5.41, 5.74) is 0.933. The van der Waals surface area contributed by atoms with E-state index in [1.54, 1.807) is 12.1 Å². The molecule has 1 fully saturated rings. The highest BCUT2D eigenvalue weighted by molar-refractivity contribution is 7.90. The zero-order chi connectivity index (χ0) is 14.8. The third-order valence-corrected chi connectivity index (χ3v) is 4.94. The molecule has 0 saturated carbocycles. The number of benzene rings is 1. The van der Waals surface area contributed by atoms with Crippen LogP contribution in [0.15, 0.2) is 18.2 Å². The summed E-state index contributed by atoms with van der Waals surface area (Å²) in [7, 11) is -3.11. The number of halogens is 2. The van der Waals surface area contributed by atoms with E-state index in [0.29, 0.717) is 29.7 Å². The van der Waals surface area contributed by atoms with Crippen LogP contribution < -0.4 is 5.32 Å². The van der Waals surface area contributed by atoms with Gasteiger partial charge in [-0.3, -0.25) is 0 Å². The van der Waals surface area contributed by atoms with Crippen molar-refractivity contribution in [3.63, 3.8) is 0 Å². The Bertz CT molecular complexity index is 577. The Morgan fingerprint density at radius 3 is 2.75 bits per heavy atom. The highest BCUT2D eigenvalue weighted by Gasteiger charge is 2.29. The molecule has 1 aliphatic heterocycles. The number of hydrogen-bond donors (Lipinski definition) is 1. The summed E-state index contributed by atoms with van der Waals surface area (Å²) in [6.07, 6.45) is 0.845. The standard InChI is InChI=1S/C13H17Cl2NO3S/c1-20(17,18)8-13-10(7-16-4-5-19-13)9-2-3-11(14)12(15)6-9/h2-3,6,10,13,16H,4-5,7-8H2,1H3. The highest BCUT2D eigenvalue weighted by Crippen LogP contribution is 2.30. The van der Waals surface area contributed by atoms with Gasteiger partial charge < -0.3 is 10.1 Å². The second-order valence-corrected chi connectivity index (χ2v) is 7.99. The molecule has 0 aliphatic carbocycles. The quantitative estimate of drug-likeness (QED) is 0.917. The Hall–Kier alpha value is -0.330. The number of ether oxygens (including phenoxy) is 1. The van der Waals surface area contributed by atoms with Crippen LogP contribution in [0, 0.1) is 0 Å². The summed E-state index contributed by atoms with van der Waals surface area (Å²) in [5.74, 6) is -0.0680. The van der Waals surface area contributed by atoms with Crippen LogP contribution in [0.2, 0.25) is 10.0 Å². The first-order valence-corrected chi connectivity index (χ1v) is 9.13. The molecule has 1 saturated heterocycles. The average Bonchev–Trinajstić information content (AvgIpc) is 2.56. The Morgan fingerprint density at radius 1 is 1.35 bits per heavy atom. The lowest BCUT2D eigenvalue weighted by atomic mass is 9.94. The largest absolute Gasteiger partial charge is 0.375 e. The molecule has 0 radical (unpaired) electrons. The van der Waals surface area contributed by atoms with Crippen molar-refractivity contribution in [1.82, 2.24) is 5.32 Å². The fraction of sp³-hybridized carbons (Fsp3) is 0.538. The first-order valence-electron chi connectivity index (χ1n) is 6.32. The topological polar surface area (TPSA) is 55.4 Å². The van der Waals surface area contributed by atoms with E-state index in [0.717, 1.165) is 5.56 Å². The minimum atomic E-state index is -3.11. The van der Waals surface area contributed by atoms with Gasteiger partial charge in [-0.25, -0.2) is 8.42 Å². The third kappa shape index (κ3) is 4.33. The minimum absolute atomic E-state index is 0.000405. The van der Waals surface area contributed by atoms with Crippen LogP contribution in [0.1, 0.15) is 11.5 Å². The summed E-state index contributed by atoms with van der Waals surface area (Å²) in [5, 5.41) is 4.20. The molecule has 20 heavy (non-hydrogen) atoms. The second-order valence-electron chi connectivity index (χ2n) is 4.99. The molecule has 2 unspecified atom stereocenters. The van der Waals surface area contributed by atoms with Crippen molar-refractivity contribution in [2.75, 3.05) is 31.7 Å². The highest BCUT2D eigenvalue weighted by atomic mass is 35.5. The number of nitrogens with one attached hydrogen (secondary N) is 1. The van der Waals surface area contributed by atoms with Gasteiger partial charge in [-0.1, -0.05) is 29.3 Å². The molecule has 2 rings (SSSR count). The van der Waals surface area contributed by atoms with E-state index >= 15 is 0 Å². The zero-order valence-corrected chi connectivity index (χ0v) is 13.4. The monoisotopic (exact) mass is 337 g/mol. The molecule has 1 aliphatic rings. The summed E-state index contributed by atoms with van der Waals surface area (Å²) < 4.78 is 28.8. The Balaban J connectivity index is 2.29. The van der Waals surface area contributed by atoms with Gasteiger partial charge in [0.2, 0.25) is 0 Å². The van der Waals surface area contributed by atoms with Crippen LogP contribution in [0.25, 0.3) is 0 Å². The van der Waals surface area contributed by atoms with Crippen molar-refractivity contribution in [3.8, 4) is 0 Å². The normalized spacial score (nSPS) is 24.4. The van der Waals surface area contributed by atoms with Crippen LogP contribution in [0.3, 0.4) is 0 Å². The predicted molar refractivity (Wildman–Crippen MR) is 81.5 cm³/mol. The van der Waals surface area contributed by atoms with Crippen LogP contribution >= 0.6 is 23.2 Å². The lowest BCUT2D eigenvalue weighted by molar-refractivity contribution is 0.0681. The van der Waals surface area contributed by atoms with Crippen molar-refractivity contribution in [3.05, 3.63) is 33.8 Å². The van der Waals surface area contributed by atoms with E-state index < -0.39 is 9.84 Å². The summed E-state index contributed by atoms with van der Waals surface area (Å²) in [6.45, 7) is 1.86. The van der Waals surface area contributed by atoms with Crippen LogP contribution in [0.5, 0.6) is 0 Å². The number of rotatable bonds is 3. The smallest absolute Gasteiger partial charge is 0.150 e. The van der Waals surface area contributed by atoms with E-state index in [2.05, 4.69) is 5.32 Å². The molecule has 0 spiro atoms. The van der Waals surface area contributed by atoms with Gasteiger partial charge in [0.15, 0.2) is 0 Å². The van der Waals surface area contributed by atoms with E-state index in [1.165, 1.54) is 6.26 Å². The van der Waals surface area contributed by atoms with Gasteiger partial charge in [-0.05, 0) is 17.7 Å². The Morgan fingerprint density at radius 2 is 2.10 bits per heavy atom. The maximum absolute atomic E-state index is 11.6. The molecule has 1 aromatic carbocycles. The van der Waals surface area contributed by atoms with Crippen LogP contribution in [0.4, 0.5) is 0 Å². The Labute approximate surface area is 129 Å². The zero-order valence-electron chi connectivity index (χ0n) is 11.1. The molecule has 0 amide bonds. The molecule has 2 atom stereocenters. The molecular weight excluding hydrogens is 321 g/mol. The molecule has 0 bridgehead atoms. The molecule has 112 valence electrons. The summed E-state index contributed by atoms with van der Waals surface area (Å²) >= 11 is 12.0. The van der Waals surface area contributed by atoms with Gasteiger partial charge in [0, 0.05) is 25.3 Å². The third-order valence-electron chi connectivity index (χ3n) is 3.26. The molecule has 1 aromatic rings. The van der Waals surface area contributed by atoms with Crippen molar-refractivity contribution in [1.29, 1.82) is 0 Å². The summed E-state index contributed by atoms with van der Waals surface area (Å²) in [4.78, 5) is 0. The van der Waals surface area contributed by atoms with Gasteiger partial charge in [-0.15, -0.1) is 0 Å². The minimum Gasteiger partial charge on any atom is -0.375 e. The van der Waals surface area contributed by atoms with Gasteiger partial charge in [0.05, 0.1) is 28.5 Å². The lowest BCUT2D eigenvalue weighted by Gasteiger charge is -2.24. The molecule has 1 heterocycles. The van der Waals surface area contributed by atoms with Crippen molar-refractivity contribution in [2.24, 2.45) is 0 Å².